The Hall–Kier alpha value is -2.07. The van der Waals surface area contributed by atoms with E-state index < -0.39 is 5.97 Å². The maximum absolute atomic E-state index is 12.0. The minimum absolute atomic E-state index is 0.0116. The second kappa shape index (κ2) is 11.6. The Morgan fingerprint density at radius 3 is 2.89 bits per heavy atom. The second-order valence-electron chi connectivity index (χ2n) is 6.92. The molecule has 0 heterocycles. The second-order valence-corrected chi connectivity index (χ2v) is 7.36. The number of ketones is 1. The van der Waals surface area contributed by atoms with E-state index in [2.05, 4.69) is 12.2 Å². The van der Waals surface area contributed by atoms with Gasteiger partial charge in [0.2, 0.25) is 0 Å². The number of rotatable bonds is 11. The molecular weight excluding hydrogens is 364 g/mol. The quantitative estimate of drug-likeness (QED) is 0.309. The molecule has 27 heavy (non-hydrogen) atoms. The molecule has 4 nitrogen and oxygen atoms in total. The summed E-state index contributed by atoms with van der Waals surface area (Å²) in [7, 11) is 0. The summed E-state index contributed by atoms with van der Waals surface area (Å²) in [5.41, 5.74) is 0. The third-order valence-corrected chi connectivity index (χ3v) is 5.03. The van der Waals surface area contributed by atoms with E-state index in [4.69, 9.17) is 21.4 Å². The van der Waals surface area contributed by atoms with E-state index in [1.54, 1.807) is 30.3 Å². The molecular formula is C22H27ClO4. The van der Waals surface area contributed by atoms with Gasteiger partial charge in [-0.2, -0.15) is 0 Å². The van der Waals surface area contributed by atoms with Crippen LogP contribution in [0, 0.1) is 11.8 Å². The van der Waals surface area contributed by atoms with E-state index in [1.807, 2.05) is 6.08 Å². The van der Waals surface area contributed by atoms with Crippen LogP contribution in [0.4, 0.5) is 0 Å². The number of carbonyl (C=O) groups excluding carboxylic acids is 1. The maximum atomic E-state index is 12.0. The van der Waals surface area contributed by atoms with Crippen molar-refractivity contribution in [1.29, 1.82) is 0 Å². The summed E-state index contributed by atoms with van der Waals surface area (Å²) < 4.78 is 5.47. The van der Waals surface area contributed by atoms with Crippen LogP contribution in [0.2, 0.25) is 5.02 Å². The van der Waals surface area contributed by atoms with Gasteiger partial charge in [-0.3, -0.25) is 9.59 Å². The van der Waals surface area contributed by atoms with Crippen molar-refractivity contribution in [2.24, 2.45) is 11.8 Å². The van der Waals surface area contributed by atoms with Crippen molar-refractivity contribution in [3.63, 3.8) is 0 Å². The molecule has 1 fully saturated rings. The molecule has 2 unspecified atom stereocenters. The van der Waals surface area contributed by atoms with Crippen LogP contribution in [0.3, 0.4) is 0 Å². The minimum atomic E-state index is -0.742. The number of aliphatic carboxylic acids is 1. The van der Waals surface area contributed by atoms with Gasteiger partial charge in [-0.1, -0.05) is 42.3 Å². The van der Waals surface area contributed by atoms with E-state index in [1.165, 1.54) is 12.8 Å². The zero-order chi connectivity index (χ0) is 19.5. The minimum Gasteiger partial charge on any atom is -0.485 e. The number of carbonyl (C=O) groups is 2. The van der Waals surface area contributed by atoms with E-state index in [0.717, 1.165) is 19.3 Å². The van der Waals surface area contributed by atoms with Crippen molar-refractivity contribution in [1.82, 2.24) is 0 Å². The average Bonchev–Trinajstić information content (AvgIpc) is 3.08. The standard InChI is InChI=1S/C22H27ClO4/c23-19-10-6-11-21(15-19)27-16-20(24)14-13-18-9-5-8-17(18)7-3-1-2-4-12-22(25)26/h1,3,6,10-11,13-15,17-18H,2,4-5,7-9,12,16H2,(H,25,26). The highest BCUT2D eigenvalue weighted by Crippen LogP contribution is 2.35. The normalized spacial score (nSPS) is 19.7. The van der Waals surface area contributed by atoms with E-state index in [0.29, 0.717) is 29.0 Å². The largest absolute Gasteiger partial charge is 0.485 e. The topological polar surface area (TPSA) is 63.6 Å². The van der Waals surface area contributed by atoms with Crippen molar-refractivity contribution in [3.8, 4) is 5.75 Å². The number of ether oxygens (including phenoxy) is 1. The molecule has 146 valence electrons. The maximum Gasteiger partial charge on any atom is 0.303 e. The van der Waals surface area contributed by atoms with Gasteiger partial charge >= 0.3 is 5.97 Å². The summed E-state index contributed by atoms with van der Waals surface area (Å²) in [6, 6.07) is 7.01. The van der Waals surface area contributed by atoms with Crippen LogP contribution in [0.5, 0.6) is 5.75 Å². The number of hydrogen-bond acceptors (Lipinski definition) is 3. The summed E-state index contributed by atoms with van der Waals surface area (Å²) in [4.78, 5) is 22.5. The van der Waals surface area contributed by atoms with Crippen molar-refractivity contribution >= 4 is 23.4 Å². The first kappa shape index (κ1) is 21.2. The molecule has 0 bridgehead atoms. The first-order valence-corrected chi connectivity index (χ1v) is 9.88. The van der Waals surface area contributed by atoms with Gasteiger partial charge in [0, 0.05) is 11.4 Å². The smallest absolute Gasteiger partial charge is 0.303 e. The zero-order valence-corrected chi connectivity index (χ0v) is 16.2. The summed E-state index contributed by atoms with van der Waals surface area (Å²) in [5, 5.41) is 9.21. The highest BCUT2D eigenvalue weighted by atomic mass is 35.5. The van der Waals surface area contributed by atoms with Gasteiger partial charge < -0.3 is 9.84 Å². The summed E-state index contributed by atoms with van der Waals surface area (Å²) >= 11 is 5.90. The molecule has 1 aliphatic carbocycles. The average molecular weight is 391 g/mol. The summed E-state index contributed by atoms with van der Waals surface area (Å²) in [6.45, 7) is 0.0116. The van der Waals surface area contributed by atoms with Crippen molar-refractivity contribution in [2.75, 3.05) is 6.61 Å². The lowest BCUT2D eigenvalue weighted by Gasteiger charge is -2.13. The fourth-order valence-corrected chi connectivity index (χ4v) is 3.54. The fraction of sp³-hybridized carbons (Fsp3) is 0.455. The Morgan fingerprint density at radius 1 is 1.26 bits per heavy atom. The van der Waals surface area contributed by atoms with Gasteiger partial charge in [0.25, 0.3) is 0 Å². The van der Waals surface area contributed by atoms with Crippen LogP contribution in [-0.4, -0.2) is 23.5 Å². The molecule has 0 amide bonds. The monoisotopic (exact) mass is 390 g/mol. The van der Waals surface area contributed by atoms with Crippen molar-refractivity contribution < 1.29 is 19.4 Å². The highest BCUT2D eigenvalue weighted by Gasteiger charge is 2.24. The number of carboxylic acids is 1. The van der Waals surface area contributed by atoms with Crippen LogP contribution in [0.15, 0.2) is 48.6 Å². The highest BCUT2D eigenvalue weighted by molar-refractivity contribution is 6.30. The van der Waals surface area contributed by atoms with Crippen LogP contribution >= 0.6 is 11.6 Å². The zero-order valence-electron chi connectivity index (χ0n) is 15.5. The summed E-state index contributed by atoms with van der Waals surface area (Å²) in [6.07, 6.45) is 14.0. The third kappa shape index (κ3) is 8.44. The molecule has 1 saturated carbocycles. The molecule has 0 saturated heterocycles. The number of benzene rings is 1. The molecule has 1 aromatic rings. The van der Waals surface area contributed by atoms with Gasteiger partial charge in [-0.05, 0) is 68.2 Å². The predicted molar refractivity (Wildman–Crippen MR) is 107 cm³/mol. The molecule has 2 rings (SSSR count). The third-order valence-electron chi connectivity index (χ3n) is 4.79. The van der Waals surface area contributed by atoms with Crippen molar-refractivity contribution in [3.05, 3.63) is 53.6 Å². The molecule has 0 spiro atoms. The lowest BCUT2D eigenvalue weighted by Crippen LogP contribution is -2.10. The molecule has 1 N–H and O–H groups in total. The number of unbranched alkanes of at least 4 members (excludes halogenated alkanes) is 1. The number of halogens is 1. The van der Waals surface area contributed by atoms with Crippen LogP contribution < -0.4 is 4.74 Å². The Balaban J connectivity index is 1.71. The van der Waals surface area contributed by atoms with Crippen molar-refractivity contribution in [2.45, 2.75) is 44.9 Å². The van der Waals surface area contributed by atoms with Gasteiger partial charge in [0.15, 0.2) is 12.4 Å². The van der Waals surface area contributed by atoms with Crippen LogP contribution in [0.25, 0.3) is 0 Å². The first-order chi connectivity index (χ1) is 13.0. The summed E-state index contributed by atoms with van der Waals surface area (Å²) in [5.74, 6) is 0.775. The Labute approximate surface area is 165 Å². The van der Waals surface area contributed by atoms with E-state index in [-0.39, 0.29) is 18.8 Å². The molecule has 2 atom stereocenters. The SMILES string of the molecule is O=C(O)CCCC=CCC1CCCC1C=CC(=O)COc1cccc(Cl)c1. The Kier molecular flexibility index (Phi) is 9.12. The molecule has 0 aromatic heterocycles. The van der Waals surface area contributed by atoms with Gasteiger partial charge in [0.05, 0.1) is 0 Å². The van der Waals surface area contributed by atoms with Crippen LogP contribution in [-0.2, 0) is 9.59 Å². The lowest BCUT2D eigenvalue weighted by atomic mass is 9.92. The molecule has 1 aliphatic rings. The molecule has 0 aliphatic heterocycles. The number of hydrogen-bond donors (Lipinski definition) is 1. The lowest BCUT2D eigenvalue weighted by molar-refractivity contribution is -0.137. The van der Waals surface area contributed by atoms with Gasteiger partial charge in [-0.15, -0.1) is 0 Å². The number of allylic oxidation sites excluding steroid dienone is 3. The van der Waals surface area contributed by atoms with Gasteiger partial charge in [0.1, 0.15) is 5.75 Å². The Morgan fingerprint density at radius 2 is 2.11 bits per heavy atom. The molecule has 5 heteroatoms. The first-order valence-electron chi connectivity index (χ1n) is 9.51. The molecule has 0 radical (unpaired) electrons. The number of carboxylic acid groups (broad SMARTS) is 1. The fourth-order valence-electron chi connectivity index (χ4n) is 3.36. The van der Waals surface area contributed by atoms with Gasteiger partial charge in [-0.25, -0.2) is 0 Å². The molecule has 1 aromatic carbocycles. The van der Waals surface area contributed by atoms with Crippen LogP contribution in [0.1, 0.15) is 44.9 Å². The Bertz CT molecular complexity index is 681. The van der Waals surface area contributed by atoms with E-state index >= 15 is 0 Å². The predicted octanol–water partition coefficient (Wildman–Crippen LogP) is 5.46. The van der Waals surface area contributed by atoms with E-state index in [9.17, 15) is 9.59 Å².